The molecule has 0 radical (unpaired) electrons. The standard InChI is InChI=1S/C36H33N3O6/c1-4-44-33(41)35(34(42)45-5-2)30(25-15-9-6-10-16-25)37-39(28-19-13-8-14-20-28)36(35)31(26-17-11-7-12-18-26)38(32(36)40)27-21-23-29(43-3)24-22-27/h6-24,31H,4-5H2,1-3H3/t31-,36-/m1/s1. The average Bonchev–Trinajstić information content (AvgIpc) is 3.43. The van der Waals surface area contributed by atoms with Gasteiger partial charge in [0.05, 0.1) is 32.1 Å². The van der Waals surface area contributed by atoms with E-state index in [0.29, 0.717) is 28.3 Å². The normalized spacial score (nSPS) is 19.9. The minimum atomic E-state index is -2.31. The molecule has 2 heterocycles. The van der Waals surface area contributed by atoms with Gasteiger partial charge in [-0.05, 0) is 61.4 Å². The lowest BCUT2D eigenvalue weighted by atomic mass is 9.55. The maximum Gasteiger partial charge on any atom is 0.333 e. The predicted molar refractivity (Wildman–Crippen MR) is 170 cm³/mol. The van der Waals surface area contributed by atoms with Crippen LogP contribution in [-0.2, 0) is 23.9 Å². The van der Waals surface area contributed by atoms with Crippen molar-refractivity contribution in [3.05, 3.63) is 126 Å². The molecule has 1 fully saturated rings. The first-order valence-corrected chi connectivity index (χ1v) is 14.8. The molecule has 2 aliphatic heterocycles. The van der Waals surface area contributed by atoms with Gasteiger partial charge >= 0.3 is 11.9 Å². The largest absolute Gasteiger partial charge is 0.497 e. The van der Waals surface area contributed by atoms with Crippen LogP contribution < -0.4 is 14.6 Å². The second-order valence-corrected chi connectivity index (χ2v) is 10.6. The quantitative estimate of drug-likeness (QED) is 0.140. The molecule has 1 amide bonds. The summed E-state index contributed by atoms with van der Waals surface area (Å²) in [5.74, 6) is -1.71. The number of hydrogen-bond acceptors (Lipinski definition) is 8. The second-order valence-electron chi connectivity index (χ2n) is 10.6. The second kappa shape index (κ2) is 11.9. The molecule has 6 rings (SSSR count). The number of hydrogen-bond donors (Lipinski definition) is 0. The molecular weight excluding hydrogens is 570 g/mol. The Morgan fingerprint density at radius 2 is 1.27 bits per heavy atom. The fourth-order valence-electron chi connectivity index (χ4n) is 6.51. The maximum atomic E-state index is 15.3. The third-order valence-corrected chi connectivity index (χ3v) is 8.34. The molecule has 0 aliphatic carbocycles. The van der Waals surface area contributed by atoms with Crippen molar-refractivity contribution in [1.29, 1.82) is 0 Å². The fraction of sp³-hybridized carbons (Fsp3) is 0.222. The van der Waals surface area contributed by atoms with E-state index in [4.69, 9.17) is 19.3 Å². The zero-order chi connectivity index (χ0) is 31.6. The first kappa shape index (κ1) is 29.6. The summed E-state index contributed by atoms with van der Waals surface area (Å²) in [5, 5.41) is 6.56. The van der Waals surface area contributed by atoms with Crippen molar-refractivity contribution in [2.75, 3.05) is 30.2 Å². The topological polar surface area (TPSA) is 97.7 Å². The van der Waals surface area contributed by atoms with Crippen molar-refractivity contribution in [2.45, 2.75) is 25.4 Å². The maximum absolute atomic E-state index is 15.3. The lowest BCUT2D eigenvalue weighted by Crippen LogP contribution is -2.83. The number of rotatable bonds is 9. The molecule has 1 spiro atoms. The summed E-state index contributed by atoms with van der Waals surface area (Å²) in [5.41, 5.74) is -1.92. The molecule has 45 heavy (non-hydrogen) atoms. The van der Waals surface area contributed by atoms with Gasteiger partial charge in [0.15, 0.2) is 5.54 Å². The first-order chi connectivity index (χ1) is 22.0. The van der Waals surface area contributed by atoms with E-state index >= 15 is 4.79 Å². The zero-order valence-electron chi connectivity index (χ0n) is 25.3. The highest BCUT2D eigenvalue weighted by Crippen LogP contribution is 2.63. The van der Waals surface area contributed by atoms with Crippen molar-refractivity contribution in [3.8, 4) is 5.75 Å². The molecule has 4 aromatic carbocycles. The third kappa shape index (κ3) is 4.29. The number of methoxy groups -OCH3 is 1. The lowest BCUT2D eigenvalue weighted by Gasteiger charge is -2.61. The molecule has 4 aromatic rings. The number of ether oxygens (including phenoxy) is 3. The van der Waals surface area contributed by atoms with Crippen LogP contribution in [0.15, 0.2) is 120 Å². The molecule has 1 saturated heterocycles. The predicted octanol–water partition coefficient (Wildman–Crippen LogP) is 5.56. The molecule has 9 nitrogen and oxygen atoms in total. The third-order valence-electron chi connectivity index (χ3n) is 8.34. The van der Waals surface area contributed by atoms with Gasteiger partial charge in [-0.1, -0.05) is 78.9 Å². The van der Waals surface area contributed by atoms with Gasteiger partial charge in [0.1, 0.15) is 11.5 Å². The first-order valence-electron chi connectivity index (χ1n) is 14.8. The molecular formula is C36H33N3O6. The van der Waals surface area contributed by atoms with Crippen molar-refractivity contribution < 1.29 is 28.6 Å². The summed E-state index contributed by atoms with van der Waals surface area (Å²) in [7, 11) is 1.57. The SMILES string of the molecule is CCOC(=O)C1(C(=O)OCC)C(c2ccccc2)=NN(c2ccccc2)[C@]12C(=O)N(c1ccc(OC)cc1)[C@@H]2c1ccccc1. The Labute approximate surface area is 261 Å². The number of amides is 1. The molecule has 0 N–H and O–H groups in total. The number of hydrazone groups is 1. The van der Waals surface area contributed by atoms with E-state index in [0.717, 1.165) is 0 Å². The number of β-lactam (4-membered cyclic amide) rings is 1. The Morgan fingerprint density at radius 1 is 0.733 bits per heavy atom. The van der Waals surface area contributed by atoms with Crippen LogP contribution >= 0.6 is 0 Å². The van der Waals surface area contributed by atoms with Crippen LogP contribution in [0.5, 0.6) is 5.75 Å². The van der Waals surface area contributed by atoms with Gasteiger partial charge in [-0.25, -0.2) is 5.01 Å². The minimum Gasteiger partial charge on any atom is -0.497 e. The van der Waals surface area contributed by atoms with Crippen LogP contribution in [0.25, 0.3) is 0 Å². The van der Waals surface area contributed by atoms with Crippen LogP contribution in [0.1, 0.15) is 31.0 Å². The number of carbonyl (C=O) groups is 3. The molecule has 2 aliphatic rings. The van der Waals surface area contributed by atoms with Gasteiger partial charge < -0.3 is 14.2 Å². The molecule has 0 bridgehead atoms. The van der Waals surface area contributed by atoms with Crippen molar-refractivity contribution in [1.82, 2.24) is 0 Å². The summed E-state index contributed by atoms with van der Waals surface area (Å²) in [4.78, 5) is 46.2. The van der Waals surface area contributed by atoms with E-state index in [9.17, 15) is 9.59 Å². The van der Waals surface area contributed by atoms with E-state index in [1.807, 2.05) is 54.6 Å². The molecule has 9 heteroatoms. The number of esters is 2. The molecule has 228 valence electrons. The van der Waals surface area contributed by atoms with Crippen LogP contribution in [0, 0.1) is 5.41 Å². The van der Waals surface area contributed by atoms with Gasteiger partial charge in [-0.2, -0.15) is 5.10 Å². The Bertz CT molecular complexity index is 1710. The lowest BCUT2D eigenvalue weighted by molar-refractivity contribution is -0.176. The van der Waals surface area contributed by atoms with Crippen molar-refractivity contribution in [3.63, 3.8) is 0 Å². The summed E-state index contributed by atoms with van der Waals surface area (Å²) in [6.45, 7) is 3.26. The van der Waals surface area contributed by atoms with E-state index in [1.54, 1.807) is 86.5 Å². The van der Waals surface area contributed by atoms with Crippen molar-refractivity contribution >= 4 is 34.9 Å². The van der Waals surface area contributed by atoms with Gasteiger partial charge in [0.2, 0.25) is 5.41 Å². The highest BCUT2D eigenvalue weighted by atomic mass is 16.6. The van der Waals surface area contributed by atoms with Gasteiger partial charge in [-0.15, -0.1) is 0 Å². The monoisotopic (exact) mass is 603 g/mol. The summed E-state index contributed by atoms with van der Waals surface area (Å²) >= 11 is 0. The Hall–Kier alpha value is -5.44. The van der Waals surface area contributed by atoms with Crippen molar-refractivity contribution in [2.24, 2.45) is 10.5 Å². The van der Waals surface area contributed by atoms with Crippen LogP contribution in [0.3, 0.4) is 0 Å². The number of nitrogens with zero attached hydrogens (tertiary/aromatic N) is 3. The Balaban J connectivity index is 1.73. The van der Waals surface area contributed by atoms with E-state index in [1.165, 1.54) is 5.01 Å². The van der Waals surface area contributed by atoms with E-state index in [2.05, 4.69) is 0 Å². The number of benzene rings is 4. The molecule has 0 saturated carbocycles. The Morgan fingerprint density at radius 3 is 1.80 bits per heavy atom. The number of carbonyl (C=O) groups excluding carboxylic acids is 3. The molecule has 2 atom stereocenters. The van der Waals surface area contributed by atoms with E-state index in [-0.39, 0.29) is 18.9 Å². The Kier molecular flexibility index (Phi) is 7.85. The highest BCUT2D eigenvalue weighted by molar-refractivity contribution is 6.36. The smallest absolute Gasteiger partial charge is 0.333 e. The summed E-state index contributed by atoms with van der Waals surface area (Å²) in [6.07, 6.45) is 0. The molecule has 0 unspecified atom stereocenters. The zero-order valence-corrected chi connectivity index (χ0v) is 25.3. The van der Waals surface area contributed by atoms with Crippen LogP contribution in [0.4, 0.5) is 11.4 Å². The minimum absolute atomic E-state index is 0.0319. The van der Waals surface area contributed by atoms with Crippen LogP contribution in [0.2, 0.25) is 0 Å². The van der Waals surface area contributed by atoms with Gasteiger partial charge in [-0.3, -0.25) is 19.3 Å². The summed E-state index contributed by atoms with van der Waals surface area (Å²) in [6, 6.07) is 33.5. The fourth-order valence-corrected chi connectivity index (χ4v) is 6.51. The summed E-state index contributed by atoms with van der Waals surface area (Å²) < 4.78 is 16.8. The van der Waals surface area contributed by atoms with Gasteiger partial charge in [0.25, 0.3) is 5.91 Å². The van der Waals surface area contributed by atoms with Gasteiger partial charge in [0, 0.05) is 5.69 Å². The van der Waals surface area contributed by atoms with E-state index < -0.39 is 34.8 Å². The highest BCUT2D eigenvalue weighted by Gasteiger charge is 2.85. The average molecular weight is 604 g/mol. The molecule has 0 aromatic heterocycles. The number of anilines is 2. The van der Waals surface area contributed by atoms with Crippen LogP contribution in [-0.4, -0.2) is 49.4 Å². The number of para-hydroxylation sites is 1.